The van der Waals surface area contributed by atoms with E-state index in [2.05, 4.69) is 9.88 Å². The Morgan fingerprint density at radius 2 is 2.00 bits per heavy atom. The Balaban J connectivity index is 2.03. The maximum absolute atomic E-state index is 12.1. The summed E-state index contributed by atoms with van der Waals surface area (Å²) in [5.74, 6) is 0.734. The van der Waals surface area contributed by atoms with Crippen LogP contribution in [-0.2, 0) is 4.74 Å². The summed E-state index contributed by atoms with van der Waals surface area (Å²) >= 11 is 0. The second-order valence-corrected chi connectivity index (χ2v) is 5.04. The third kappa shape index (κ3) is 2.33. The summed E-state index contributed by atoms with van der Waals surface area (Å²) in [6.07, 6.45) is 2.04. The van der Waals surface area contributed by atoms with Crippen LogP contribution >= 0.6 is 0 Å². The van der Waals surface area contributed by atoms with Crippen molar-refractivity contribution in [2.24, 2.45) is 0 Å². The summed E-state index contributed by atoms with van der Waals surface area (Å²) < 4.78 is 7.26. The molecule has 2 aromatic rings. The summed E-state index contributed by atoms with van der Waals surface area (Å²) in [7, 11) is 0. The lowest BCUT2D eigenvalue weighted by molar-refractivity contribution is -0.00545. The minimum Gasteiger partial charge on any atom is -0.372 e. The van der Waals surface area contributed by atoms with E-state index in [-0.39, 0.29) is 17.8 Å². The fourth-order valence-electron chi connectivity index (χ4n) is 2.57. The smallest absolute Gasteiger partial charge is 0.259 e. The molecule has 1 aliphatic rings. The van der Waals surface area contributed by atoms with Gasteiger partial charge in [0.15, 0.2) is 0 Å². The molecule has 0 aliphatic carbocycles. The molecule has 5 nitrogen and oxygen atoms in total. The summed E-state index contributed by atoms with van der Waals surface area (Å²) in [6, 6.07) is 7.15. The zero-order valence-corrected chi connectivity index (χ0v) is 11.1. The second-order valence-electron chi connectivity index (χ2n) is 5.04. The number of fused-ring (bicyclic) bond motifs is 1. The van der Waals surface area contributed by atoms with Crippen LogP contribution in [0.2, 0.25) is 0 Å². The Bertz CT molecular complexity index is 642. The third-order valence-electron chi connectivity index (χ3n) is 3.30. The Hall–Kier alpha value is -1.88. The highest BCUT2D eigenvalue weighted by Gasteiger charge is 2.23. The first-order valence-electron chi connectivity index (χ1n) is 6.52. The zero-order valence-electron chi connectivity index (χ0n) is 11.1. The molecule has 0 amide bonds. The van der Waals surface area contributed by atoms with E-state index in [0.29, 0.717) is 5.65 Å². The molecule has 1 saturated heterocycles. The van der Waals surface area contributed by atoms with Crippen molar-refractivity contribution in [2.75, 3.05) is 18.0 Å². The van der Waals surface area contributed by atoms with Crippen molar-refractivity contribution in [2.45, 2.75) is 26.1 Å². The highest BCUT2D eigenvalue weighted by Crippen LogP contribution is 2.17. The summed E-state index contributed by atoms with van der Waals surface area (Å²) in [5.41, 5.74) is 0.629. The van der Waals surface area contributed by atoms with Crippen molar-refractivity contribution >= 4 is 11.5 Å². The Kier molecular flexibility index (Phi) is 2.98. The number of ether oxygens (including phenoxy) is 1. The van der Waals surface area contributed by atoms with Gasteiger partial charge in [0.1, 0.15) is 11.5 Å². The molecule has 3 heterocycles. The van der Waals surface area contributed by atoms with Gasteiger partial charge in [-0.15, -0.1) is 0 Å². The van der Waals surface area contributed by atoms with E-state index >= 15 is 0 Å². The molecule has 0 spiro atoms. The maximum atomic E-state index is 12.1. The molecule has 1 fully saturated rings. The predicted octanol–water partition coefficient (Wildman–Crippen LogP) is 1.31. The normalized spacial score (nSPS) is 23.8. The molecular weight excluding hydrogens is 242 g/mol. The van der Waals surface area contributed by atoms with E-state index in [1.807, 2.05) is 32.0 Å². The van der Waals surface area contributed by atoms with Crippen LogP contribution in [0, 0.1) is 0 Å². The number of hydrogen-bond acceptors (Lipinski definition) is 4. The summed E-state index contributed by atoms with van der Waals surface area (Å²) in [6.45, 7) is 5.60. The van der Waals surface area contributed by atoms with Gasteiger partial charge in [0, 0.05) is 25.4 Å². The van der Waals surface area contributed by atoms with Crippen LogP contribution < -0.4 is 10.5 Å². The molecule has 19 heavy (non-hydrogen) atoms. The highest BCUT2D eigenvalue weighted by molar-refractivity contribution is 5.48. The number of nitrogens with zero attached hydrogens (tertiary/aromatic N) is 3. The second kappa shape index (κ2) is 4.66. The first-order chi connectivity index (χ1) is 9.13. The zero-order chi connectivity index (χ0) is 13.4. The molecule has 0 N–H and O–H groups in total. The van der Waals surface area contributed by atoms with Crippen LogP contribution in [-0.4, -0.2) is 34.7 Å². The van der Waals surface area contributed by atoms with Gasteiger partial charge in [-0.2, -0.15) is 0 Å². The van der Waals surface area contributed by atoms with Crippen LogP contribution in [0.1, 0.15) is 13.8 Å². The van der Waals surface area contributed by atoms with Gasteiger partial charge in [0.2, 0.25) is 0 Å². The summed E-state index contributed by atoms with van der Waals surface area (Å²) in [4.78, 5) is 18.8. The highest BCUT2D eigenvalue weighted by atomic mass is 16.5. The van der Waals surface area contributed by atoms with Crippen molar-refractivity contribution < 1.29 is 4.74 Å². The number of rotatable bonds is 1. The Morgan fingerprint density at radius 3 is 2.74 bits per heavy atom. The maximum Gasteiger partial charge on any atom is 0.259 e. The van der Waals surface area contributed by atoms with Gasteiger partial charge in [0.25, 0.3) is 5.56 Å². The van der Waals surface area contributed by atoms with Crippen molar-refractivity contribution in [3.05, 3.63) is 40.8 Å². The molecule has 0 bridgehead atoms. The minimum absolute atomic E-state index is 0.0487. The predicted molar refractivity (Wildman–Crippen MR) is 73.7 cm³/mol. The first-order valence-corrected chi connectivity index (χ1v) is 6.52. The van der Waals surface area contributed by atoms with Crippen molar-refractivity contribution in [3.8, 4) is 0 Å². The first kappa shape index (κ1) is 12.2. The molecule has 0 unspecified atom stereocenters. The lowest BCUT2D eigenvalue weighted by Gasteiger charge is -2.36. The van der Waals surface area contributed by atoms with Crippen LogP contribution in [0.5, 0.6) is 0 Å². The van der Waals surface area contributed by atoms with Gasteiger partial charge in [0.05, 0.1) is 12.2 Å². The van der Waals surface area contributed by atoms with Crippen LogP contribution in [0.15, 0.2) is 35.3 Å². The largest absolute Gasteiger partial charge is 0.372 e. The SMILES string of the molecule is C[C@@H]1CN(c2cc(=O)n3ccccc3n2)C[C@H](C)O1. The number of pyridine rings is 1. The molecule has 0 aromatic carbocycles. The molecule has 0 radical (unpaired) electrons. The van der Waals surface area contributed by atoms with Gasteiger partial charge in [-0.1, -0.05) is 6.07 Å². The van der Waals surface area contributed by atoms with E-state index in [1.54, 1.807) is 16.7 Å². The van der Waals surface area contributed by atoms with E-state index in [1.165, 1.54) is 0 Å². The average Bonchev–Trinajstić information content (AvgIpc) is 2.37. The molecule has 2 aromatic heterocycles. The van der Waals surface area contributed by atoms with Gasteiger partial charge < -0.3 is 9.64 Å². The Morgan fingerprint density at radius 1 is 1.26 bits per heavy atom. The molecule has 5 heteroatoms. The third-order valence-corrected chi connectivity index (χ3v) is 3.30. The Labute approximate surface area is 111 Å². The molecule has 1 aliphatic heterocycles. The van der Waals surface area contributed by atoms with Crippen molar-refractivity contribution in [1.82, 2.24) is 9.38 Å². The van der Waals surface area contributed by atoms with E-state index in [9.17, 15) is 4.79 Å². The number of aromatic nitrogens is 2. The molecule has 0 saturated carbocycles. The van der Waals surface area contributed by atoms with Crippen LogP contribution in [0.4, 0.5) is 5.82 Å². The van der Waals surface area contributed by atoms with E-state index < -0.39 is 0 Å². The number of hydrogen-bond donors (Lipinski definition) is 0. The average molecular weight is 259 g/mol. The molecule has 3 rings (SSSR count). The fraction of sp³-hybridized carbons (Fsp3) is 0.429. The molecule has 2 atom stereocenters. The van der Waals surface area contributed by atoms with Gasteiger partial charge in [-0.25, -0.2) is 4.98 Å². The topological polar surface area (TPSA) is 46.8 Å². The van der Waals surface area contributed by atoms with E-state index in [0.717, 1.165) is 18.9 Å². The molecular formula is C14H17N3O2. The minimum atomic E-state index is -0.0487. The quantitative estimate of drug-likeness (QED) is 0.774. The van der Waals surface area contributed by atoms with Crippen LogP contribution in [0.3, 0.4) is 0 Å². The fourth-order valence-corrected chi connectivity index (χ4v) is 2.57. The standard InChI is InChI=1S/C14H17N3O2/c1-10-8-16(9-11(2)19-10)13-7-14(18)17-6-4-3-5-12(17)15-13/h3-7,10-11H,8-9H2,1-2H3/t10-,11+. The lowest BCUT2D eigenvalue weighted by atomic mass is 10.2. The number of morpholine rings is 1. The van der Waals surface area contributed by atoms with Crippen molar-refractivity contribution in [3.63, 3.8) is 0 Å². The van der Waals surface area contributed by atoms with Crippen molar-refractivity contribution in [1.29, 1.82) is 0 Å². The monoisotopic (exact) mass is 259 g/mol. The number of anilines is 1. The molecule has 100 valence electrons. The van der Waals surface area contributed by atoms with Gasteiger partial charge in [-0.3, -0.25) is 9.20 Å². The van der Waals surface area contributed by atoms with E-state index in [4.69, 9.17) is 4.74 Å². The van der Waals surface area contributed by atoms with Crippen LogP contribution in [0.25, 0.3) is 5.65 Å². The lowest BCUT2D eigenvalue weighted by Crippen LogP contribution is -2.46. The van der Waals surface area contributed by atoms with Gasteiger partial charge >= 0.3 is 0 Å². The van der Waals surface area contributed by atoms with Gasteiger partial charge in [-0.05, 0) is 26.0 Å². The summed E-state index contributed by atoms with van der Waals surface area (Å²) in [5, 5.41) is 0.